The molecule has 0 spiro atoms. The van der Waals surface area contributed by atoms with Gasteiger partial charge in [0.2, 0.25) is 0 Å². The van der Waals surface area contributed by atoms with Crippen LogP contribution in [0, 0.1) is 5.82 Å². The number of halogens is 2. The number of rotatable bonds is 3. The van der Waals surface area contributed by atoms with E-state index in [4.69, 9.17) is 16.3 Å². The van der Waals surface area contributed by atoms with E-state index in [0.717, 1.165) is 12.8 Å². The minimum Gasteiger partial charge on any atom is -0.373 e. The van der Waals surface area contributed by atoms with Gasteiger partial charge >= 0.3 is 0 Å². The van der Waals surface area contributed by atoms with Gasteiger partial charge in [0.1, 0.15) is 5.82 Å². The molecule has 17 heavy (non-hydrogen) atoms. The predicted octanol–water partition coefficient (Wildman–Crippen LogP) is 3.31. The van der Waals surface area contributed by atoms with Gasteiger partial charge in [-0.15, -0.1) is 0 Å². The van der Waals surface area contributed by atoms with Gasteiger partial charge in [-0.05, 0) is 38.9 Å². The molecule has 4 heteroatoms. The van der Waals surface area contributed by atoms with Crippen LogP contribution in [0.4, 0.5) is 4.39 Å². The lowest BCUT2D eigenvalue weighted by atomic mass is 9.99. The first kappa shape index (κ1) is 12.8. The summed E-state index contributed by atoms with van der Waals surface area (Å²) in [5, 5.41) is 3.55. The highest BCUT2D eigenvalue weighted by molar-refractivity contribution is 6.30. The summed E-state index contributed by atoms with van der Waals surface area (Å²) in [5.74, 6) is -0.278. The number of hydrogen-bond acceptors (Lipinski definition) is 2. The molecule has 3 atom stereocenters. The number of likely N-dealkylation sites (N-methyl/N-ethyl adjacent to an activating group) is 1. The second-order valence-electron chi connectivity index (χ2n) is 4.49. The first-order chi connectivity index (χ1) is 8.11. The Hall–Kier alpha value is -0.640. The van der Waals surface area contributed by atoms with Crippen LogP contribution in [0.5, 0.6) is 0 Å². The van der Waals surface area contributed by atoms with E-state index in [9.17, 15) is 4.39 Å². The summed E-state index contributed by atoms with van der Waals surface area (Å²) in [4.78, 5) is 0. The monoisotopic (exact) mass is 257 g/mol. The first-order valence-corrected chi connectivity index (χ1v) is 6.27. The van der Waals surface area contributed by atoms with E-state index in [1.165, 1.54) is 6.07 Å². The largest absolute Gasteiger partial charge is 0.373 e. The highest BCUT2D eigenvalue weighted by Gasteiger charge is 2.31. The van der Waals surface area contributed by atoms with Crippen LogP contribution in [0.15, 0.2) is 18.2 Å². The van der Waals surface area contributed by atoms with Crippen molar-refractivity contribution in [2.75, 3.05) is 7.05 Å². The molecule has 0 bridgehead atoms. The summed E-state index contributed by atoms with van der Waals surface area (Å²) in [6.45, 7) is 2.05. The maximum Gasteiger partial charge on any atom is 0.129 e. The predicted molar refractivity (Wildman–Crippen MR) is 66.8 cm³/mol. The second-order valence-corrected chi connectivity index (χ2v) is 4.93. The molecule has 0 aliphatic carbocycles. The van der Waals surface area contributed by atoms with Crippen LogP contribution in [-0.2, 0) is 4.74 Å². The average molecular weight is 258 g/mol. The third kappa shape index (κ3) is 2.79. The number of hydrogen-bond donors (Lipinski definition) is 1. The van der Waals surface area contributed by atoms with Crippen LogP contribution in [-0.4, -0.2) is 19.3 Å². The van der Waals surface area contributed by atoms with Gasteiger partial charge in [0.25, 0.3) is 0 Å². The fraction of sp³-hybridized carbons (Fsp3) is 0.538. The molecule has 0 radical (unpaired) electrons. The van der Waals surface area contributed by atoms with Gasteiger partial charge in [-0.25, -0.2) is 4.39 Å². The highest BCUT2D eigenvalue weighted by atomic mass is 35.5. The Morgan fingerprint density at radius 3 is 2.76 bits per heavy atom. The fourth-order valence-corrected chi connectivity index (χ4v) is 2.53. The summed E-state index contributed by atoms with van der Waals surface area (Å²) in [6, 6.07) is 4.67. The van der Waals surface area contributed by atoms with E-state index in [1.54, 1.807) is 12.1 Å². The quantitative estimate of drug-likeness (QED) is 0.897. The molecule has 1 aliphatic heterocycles. The molecule has 1 aromatic rings. The minimum absolute atomic E-state index is 0.0330. The lowest BCUT2D eigenvalue weighted by Crippen LogP contribution is -2.30. The van der Waals surface area contributed by atoms with Gasteiger partial charge in [-0.1, -0.05) is 17.7 Å². The van der Waals surface area contributed by atoms with E-state index in [1.807, 2.05) is 14.0 Å². The van der Waals surface area contributed by atoms with Crippen molar-refractivity contribution in [3.8, 4) is 0 Å². The average Bonchev–Trinajstić information content (AvgIpc) is 2.69. The van der Waals surface area contributed by atoms with Gasteiger partial charge in [-0.2, -0.15) is 0 Å². The Bertz CT molecular complexity index is 399. The fourth-order valence-electron chi connectivity index (χ4n) is 2.37. The van der Waals surface area contributed by atoms with Gasteiger partial charge in [0.05, 0.1) is 18.2 Å². The molecule has 3 unspecified atom stereocenters. The van der Waals surface area contributed by atoms with Crippen LogP contribution in [0.3, 0.4) is 0 Å². The maximum absolute atomic E-state index is 13.9. The zero-order chi connectivity index (χ0) is 12.4. The van der Waals surface area contributed by atoms with Crippen LogP contribution in [0.2, 0.25) is 5.02 Å². The Morgan fingerprint density at radius 1 is 1.47 bits per heavy atom. The summed E-state index contributed by atoms with van der Waals surface area (Å²) < 4.78 is 19.6. The zero-order valence-electron chi connectivity index (χ0n) is 10.0. The van der Waals surface area contributed by atoms with Gasteiger partial charge in [0, 0.05) is 10.6 Å². The standard InChI is InChI=1S/C13H17ClFNO/c1-8-3-6-12(17-8)13(16-2)10-5-4-9(14)7-11(10)15/h4-5,7-8,12-13,16H,3,6H2,1-2H3. The van der Waals surface area contributed by atoms with Crippen molar-refractivity contribution >= 4 is 11.6 Å². The molecule has 2 nitrogen and oxygen atoms in total. The third-order valence-corrected chi connectivity index (χ3v) is 3.48. The van der Waals surface area contributed by atoms with Crippen molar-refractivity contribution < 1.29 is 9.13 Å². The number of ether oxygens (including phenoxy) is 1. The van der Waals surface area contributed by atoms with Gasteiger partial charge < -0.3 is 10.1 Å². The second kappa shape index (κ2) is 5.34. The Morgan fingerprint density at radius 2 is 2.24 bits per heavy atom. The smallest absolute Gasteiger partial charge is 0.129 e. The maximum atomic E-state index is 13.9. The molecule has 1 N–H and O–H groups in total. The lowest BCUT2D eigenvalue weighted by molar-refractivity contribution is 0.0325. The van der Waals surface area contributed by atoms with Crippen molar-refractivity contribution in [1.29, 1.82) is 0 Å². The van der Waals surface area contributed by atoms with Crippen LogP contribution >= 0.6 is 11.6 Å². The molecule has 1 heterocycles. The zero-order valence-corrected chi connectivity index (χ0v) is 10.8. The van der Waals surface area contributed by atoms with Crippen LogP contribution in [0.1, 0.15) is 31.4 Å². The summed E-state index contributed by atoms with van der Waals surface area (Å²) in [6.07, 6.45) is 2.27. The molecule has 2 rings (SSSR count). The summed E-state index contributed by atoms with van der Waals surface area (Å²) >= 11 is 5.76. The van der Waals surface area contributed by atoms with Crippen LogP contribution < -0.4 is 5.32 Å². The molecular weight excluding hydrogens is 241 g/mol. The van der Waals surface area contributed by atoms with E-state index in [0.29, 0.717) is 10.6 Å². The normalized spacial score (nSPS) is 26.1. The molecular formula is C13H17ClFNO. The Kier molecular flexibility index (Phi) is 4.02. The third-order valence-electron chi connectivity index (χ3n) is 3.25. The molecule has 1 fully saturated rings. The van der Waals surface area contributed by atoms with Crippen molar-refractivity contribution in [1.82, 2.24) is 5.32 Å². The van der Waals surface area contributed by atoms with Gasteiger partial charge in [0.15, 0.2) is 0 Å². The molecule has 1 aromatic carbocycles. The SMILES string of the molecule is CNC(c1ccc(Cl)cc1F)C1CCC(C)O1. The molecule has 1 saturated heterocycles. The number of benzene rings is 1. The van der Waals surface area contributed by atoms with E-state index >= 15 is 0 Å². The van der Waals surface area contributed by atoms with Crippen molar-refractivity contribution in [3.63, 3.8) is 0 Å². The number of nitrogens with one attached hydrogen (secondary N) is 1. The Labute approximate surface area is 106 Å². The summed E-state index contributed by atoms with van der Waals surface area (Å²) in [7, 11) is 1.82. The molecule has 0 saturated carbocycles. The van der Waals surface area contributed by atoms with Crippen molar-refractivity contribution in [2.45, 2.75) is 38.0 Å². The first-order valence-electron chi connectivity index (χ1n) is 5.89. The molecule has 0 amide bonds. The Balaban J connectivity index is 2.23. The summed E-state index contributed by atoms with van der Waals surface area (Å²) in [5.41, 5.74) is 0.621. The molecule has 94 valence electrons. The van der Waals surface area contributed by atoms with Gasteiger partial charge in [-0.3, -0.25) is 0 Å². The van der Waals surface area contributed by atoms with E-state index < -0.39 is 0 Å². The highest BCUT2D eigenvalue weighted by Crippen LogP contribution is 2.31. The van der Waals surface area contributed by atoms with Crippen molar-refractivity contribution in [2.24, 2.45) is 0 Å². The topological polar surface area (TPSA) is 21.3 Å². The minimum atomic E-state index is -0.278. The van der Waals surface area contributed by atoms with Crippen molar-refractivity contribution in [3.05, 3.63) is 34.6 Å². The van der Waals surface area contributed by atoms with E-state index in [-0.39, 0.29) is 24.1 Å². The van der Waals surface area contributed by atoms with E-state index in [2.05, 4.69) is 5.32 Å². The molecule has 1 aliphatic rings. The molecule has 0 aromatic heterocycles. The lowest BCUT2D eigenvalue weighted by Gasteiger charge is -2.24. The van der Waals surface area contributed by atoms with Crippen LogP contribution in [0.25, 0.3) is 0 Å².